The van der Waals surface area contributed by atoms with E-state index in [1.807, 2.05) is 18.5 Å². The quantitative estimate of drug-likeness (QED) is 0.813. The van der Waals surface area contributed by atoms with Gasteiger partial charge in [-0.2, -0.15) is 0 Å². The summed E-state index contributed by atoms with van der Waals surface area (Å²) >= 11 is 0. The van der Waals surface area contributed by atoms with E-state index >= 15 is 0 Å². The van der Waals surface area contributed by atoms with Gasteiger partial charge in [0.25, 0.3) is 0 Å². The number of aromatic nitrogens is 2. The Kier molecular flexibility index (Phi) is 3.87. The van der Waals surface area contributed by atoms with Crippen LogP contribution in [0.5, 0.6) is 0 Å². The van der Waals surface area contributed by atoms with Crippen LogP contribution in [-0.2, 0) is 0 Å². The van der Waals surface area contributed by atoms with Crippen LogP contribution < -0.4 is 10.6 Å². The summed E-state index contributed by atoms with van der Waals surface area (Å²) in [6.07, 6.45) is 4.80. The lowest BCUT2D eigenvalue weighted by Crippen LogP contribution is -2.61. The lowest BCUT2D eigenvalue weighted by molar-refractivity contribution is 0.0942. The van der Waals surface area contributed by atoms with Crippen molar-refractivity contribution < 1.29 is 0 Å². The van der Waals surface area contributed by atoms with E-state index in [9.17, 15) is 0 Å². The van der Waals surface area contributed by atoms with Crippen LogP contribution in [0, 0.1) is 0 Å². The molecule has 2 aliphatic rings. The van der Waals surface area contributed by atoms with Gasteiger partial charge in [-0.05, 0) is 26.1 Å². The zero-order valence-electron chi connectivity index (χ0n) is 12.2. The highest BCUT2D eigenvalue weighted by atomic mass is 15.4. The molecule has 2 aliphatic heterocycles. The number of piperazine rings is 1. The molecule has 1 aromatic rings. The fourth-order valence-electron chi connectivity index (χ4n) is 3.45. The topological polar surface area (TPSA) is 61.5 Å². The second-order valence-electron chi connectivity index (χ2n) is 5.94. The van der Waals surface area contributed by atoms with Crippen molar-refractivity contribution >= 4 is 5.95 Å². The highest BCUT2D eigenvalue weighted by molar-refractivity contribution is 5.29. The number of nitrogens with two attached hydrogens (primary N) is 1. The highest BCUT2D eigenvalue weighted by Crippen LogP contribution is 2.27. The zero-order chi connectivity index (χ0) is 14.0. The van der Waals surface area contributed by atoms with Crippen molar-refractivity contribution in [2.45, 2.75) is 12.0 Å². The lowest BCUT2D eigenvalue weighted by atomic mass is 9.95. The first kappa shape index (κ1) is 13.7. The first-order valence-corrected chi connectivity index (χ1v) is 7.39. The van der Waals surface area contributed by atoms with Gasteiger partial charge in [0.15, 0.2) is 0 Å². The number of anilines is 1. The maximum absolute atomic E-state index is 6.10. The number of hydrogen-bond donors (Lipinski definition) is 1. The summed E-state index contributed by atoms with van der Waals surface area (Å²) in [6, 6.07) is 1.86. The second kappa shape index (κ2) is 5.63. The van der Waals surface area contributed by atoms with Gasteiger partial charge in [-0.1, -0.05) is 0 Å². The normalized spacial score (nSPS) is 29.0. The van der Waals surface area contributed by atoms with Crippen LogP contribution in [0.25, 0.3) is 0 Å². The van der Waals surface area contributed by atoms with Gasteiger partial charge < -0.3 is 15.5 Å². The Labute approximate surface area is 120 Å². The van der Waals surface area contributed by atoms with E-state index in [-0.39, 0.29) is 5.54 Å². The fourth-order valence-corrected chi connectivity index (χ4v) is 3.45. The Morgan fingerprint density at radius 3 is 2.40 bits per heavy atom. The van der Waals surface area contributed by atoms with Gasteiger partial charge in [-0.25, -0.2) is 9.97 Å². The summed E-state index contributed by atoms with van der Waals surface area (Å²) in [6.45, 7) is 7.04. The molecule has 6 nitrogen and oxygen atoms in total. The third kappa shape index (κ3) is 2.51. The molecule has 0 amide bonds. The van der Waals surface area contributed by atoms with Gasteiger partial charge in [0.1, 0.15) is 0 Å². The average molecular weight is 276 g/mol. The first-order chi connectivity index (χ1) is 9.73. The van der Waals surface area contributed by atoms with Crippen LogP contribution in [-0.4, -0.2) is 78.2 Å². The van der Waals surface area contributed by atoms with Gasteiger partial charge in [0, 0.05) is 57.2 Å². The summed E-state index contributed by atoms with van der Waals surface area (Å²) < 4.78 is 0. The Hall–Kier alpha value is -1.24. The maximum atomic E-state index is 6.10. The molecule has 2 N–H and O–H groups in total. The molecule has 0 aliphatic carbocycles. The lowest BCUT2D eigenvalue weighted by Gasteiger charge is -2.45. The predicted octanol–water partition coefficient (Wildman–Crippen LogP) is -0.368. The second-order valence-corrected chi connectivity index (χ2v) is 5.94. The Morgan fingerprint density at radius 1 is 1.15 bits per heavy atom. The zero-order valence-corrected chi connectivity index (χ0v) is 12.2. The van der Waals surface area contributed by atoms with E-state index in [1.54, 1.807) is 0 Å². The van der Waals surface area contributed by atoms with Crippen molar-refractivity contribution in [3.8, 4) is 0 Å². The van der Waals surface area contributed by atoms with E-state index in [0.717, 1.165) is 51.8 Å². The van der Waals surface area contributed by atoms with Crippen LogP contribution in [0.1, 0.15) is 6.42 Å². The van der Waals surface area contributed by atoms with Crippen molar-refractivity contribution in [3.05, 3.63) is 18.5 Å². The maximum Gasteiger partial charge on any atom is 0.225 e. The molecule has 2 saturated heterocycles. The molecule has 6 heteroatoms. The SMILES string of the molecule is CN1CCC(CN)(N2CCN(c3ncccn3)CC2)C1. The number of likely N-dealkylation sites (N-methyl/N-ethyl adjacent to an activating group) is 1. The van der Waals surface area contributed by atoms with Crippen molar-refractivity contribution in [2.75, 3.05) is 57.8 Å². The molecule has 0 aromatic carbocycles. The van der Waals surface area contributed by atoms with Crippen molar-refractivity contribution in [1.82, 2.24) is 19.8 Å². The molecular formula is C14H24N6. The summed E-state index contributed by atoms with van der Waals surface area (Å²) in [4.78, 5) is 15.9. The molecule has 2 fully saturated rings. The first-order valence-electron chi connectivity index (χ1n) is 7.39. The average Bonchev–Trinajstić information content (AvgIpc) is 2.91. The van der Waals surface area contributed by atoms with E-state index in [1.165, 1.54) is 6.42 Å². The van der Waals surface area contributed by atoms with E-state index < -0.39 is 0 Å². The molecule has 1 unspecified atom stereocenters. The predicted molar refractivity (Wildman–Crippen MR) is 79.7 cm³/mol. The van der Waals surface area contributed by atoms with Crippen LogP contribution in [0.2, 0.25) is 0 Å². The number of likely N-dealkylation sites (tertiary alicyclic amines) is 1. The minimum atomic E-state index is 0.179. The third-order valence-corrected chi connectivity index (χ3v) is 4.69. The van der Waals surface area contributed by atoms with Crippen LogP contribution >= 0.6 is 0 Å². The molecule has 1 aromatic heterocycles. The molecule has 20 heavy (non-hydrogen) atoms. The monoisotopic (exact) mass is 276 g/mol. The van der Waals surface area contributed by atoms with Crippen LogP contribution in [0.4, 0.5) is 5.95 Å². The molecule has 3 rings (SSSR count). The third-order valence-electron chi connectivity index (χ3n) is 4.69. The van der Waals surface area contributed by atoms with Gasteiger partial charge in [0.05, 0.1) is 0 Å². The summed E-state index contributed by atoms with van der Waals surface area (Å²) in [5, 5.41) is 0. The molecule has 0 spiro atoms. The fraction of sp³-hybridized carbons (Fsp3) is 0.714. The minimum absolute atomic E-state index is 0.179. The van der Waals surface area contributed by atoms with Gasteiger partial charge in [0.2, 0.25) is 5.95 Å². The molecule has 3 heterocycles. The van der Waals surface area contributed by atoms with Crippen molar-refractivity contribution in [3.63, 3.8) is 0 Å². The summed E-state index contributed by atoms with van der Waals surface area (Å²) in [5.41, 5.74) is 6.28. The Morgan fingerprint density at radius 2 is 1.85 bits per heavy atom. The number of nitrogens with zero attached hydrogens (tertiary/aromatic N) is 5. The molecule has 1 atom stereocenters. The summed E-state index contributed by atoms with van der Waals surface area (Å²) in [5.74, 6) is 0.845. The van der Waals surface area contributed by atoms with Gasteiger partial charge in [-0.15, -0.1) is 0 Å². The standard InChI is InChI=1S/C14H24N6/c1-18-6-3-14(11-15,12-18)20-9-7-19(8-10-20)13-16-4-2-5-17-13/h2,4-5H,3,6-12,15H2,1H3. The summed E-state index contributed by atoms with van der Waals surface area (Å²) in [7, 11) is 2.19. The van der Waals surface area contributed by atoms with Crippen LogP contribution in [0.3, 0.4) is 0 Å². The van der Waals surface area contributed by atoms with Gasteiger partial charge >= 0.3 is 0 Å². The van der Waals surface area contributed by atoms with E-state index in [4.69, 9.17) is 5.73 Å². The number of rotatable bonds is 3. The molecule has 0 bridgehead atoms. The molecule has 0 saturated carbocycles. The van der Waals surface area contributed by atoms with Crippen LogP contribution in [0.15, 0.2) is 18.5 Å². The molecule has 110 valence electrons. The Balaban J connectivity index is 1.64. The molecule has 0 radical (unpaired) electrons. The Bertz CT molecular complexity index is 431. The van der Waals surface area contributed by atoms with E-state index in [0.29, 0.717) is 0 Å². The van der Waals surface area contributed by atoms with Crippen molar-refractivity contribution in [2.24, 2.45) is 5.73 Å². The highest BCUT2D eigenvalue weighted by Gasteiger charge is 2.41. The smallest absolute Gasteiger partial charge is 0.225 e. The largest absolute Gasteiger partial charge is 0.338 e. The van der Waals surface area contributed by atoms with Gasteiger partial charge in [-0.3, -0.25) is 4.90 Å². The molecular weight excluding hydrogens is 252 g/mol. The number of hydrogen-bond acceptors (Lipinski definition) is 6. The minimum Gasteiger partial charge on any atom is -0.338 e. The van der Waals surface area contributed by atoms with E-state index in [2.05, 4.69) is 31.7 Å². The van der Waals surface area contributed by atoms with Crippen molar-refractivity contribution in [1.29, 1.82) is 0 Å².